The Kier molecular flexibility index (Phi) is 4.72. The van der Waals surface area contributed by atoms with E-state index in [2.05, 4.69) is 4.72 Å². The zero-order valence-electron chi connectivity index (χ0n) is 8.64. The predicted octanol–water partition coefficient (Wildman–Crippen LogP) is 0.557. The molecule has 6 heteroatoms. The molecule has 15 heavy (non-hydrogen) atoms. The van der Waals surface area contributed by atoms with E-state index in [9.17, 15) is 8.42 Å². The Morgan fingerprint density at radius 2 is 2.33 bits per heavy atom. The van der Waals surface area contributed by atoms with Gasteiger partial charge in [-0.25, -0.2) is 13.1 Å². The second-order valence-electron chi connectivity index (χ2n) is 3.41. The molecule has 1 rings (SSSR count). The Morgan fingerprint density at radius 1 is 1.60 bits per heavy atom. The maximum atomic E-state index is 11.4. The first-order valence-electron chi connectivity index (χ1n) is 4.76. The van der Waals surface area contributed by atoms with Crippen LogP contribution in [0.25, 0.3) is 0 Å². The van der Waals surface area contributed by atoms with Crippen LogP contribution in [-0.4, -0.2) is 26.8 Å². The summed E-state index contributed by atoms with van der Waals surface area (Å²) in [6, 6.07) is 3.87. The highest BCUT2D eigenvalue weighted by atomic mass is 32.2. The van der Waals surface area contributed by atoms with Crippen molar-refractivity contribution in [3.05, 3.63) is 22.4 Å². The van der Waals surface area contributed by atoms with Gasteiger partial charge in [-0.05, 0) is 24.8 Å². The molecule has 1 heterocycles. The van der Waals surface area contributed by atoms with Gasteiger partial charge in [-0.3, -0.25) is 0 Å². The number of hydrogen-bond donors (Lipinski definition) is 2. The van der Waals surface area contributed by atoms with Crippen LogP contribution in [0, 0.1) is 0 Å². The molecule has 0 spiro atoms. The molecule has 1 unspecified atom stereocenters. The van der Waals surface area contributed by atoms with E-state index in [-0.39, 0.29) is 18.3 Å². The lowest BCUT2D eigenvalue weighted by atomic mass is 10.2. The fourth-order valence-electron chi connectivity index (χ4n) is 1.29. The minimum absolute atomic E-state index is 0.0121. The van der Waals surface area contributed by atoms with Crippen molar-refractivity contribution in [1.29, 1.82) is 0 Å². The first-order valence-corrected chi connectivity index (χ1v) is 7.29. The molecule has 1 aromatic rings. The summed E-state index contributed by atoms with van der Waals surface area (Å²) in [5, 5.41) is 1.98. The van der Waals surface area contributed by atoms with Crippen molar-refractivity contribution >= 4 is 21.4 Å². The molecule has 4 nitrogen and oxygen atoms in total. The van der Waals surface area contributed by atoms with E-state index in [0.29, 0.717) is 0 Å². The lowest BCUT2D eigenvalue weighted by Gasteiger charge is -2.12. The summed E-state index contributed by atoms with van der Waals surface area (Å²) in [7, 11) is -3.20. The lowest BCUT2D eigenvalue weighted by molar-refractivity contribution is 0.560. The molecule has 0 bridgehead atoms. The van der Waals surface area contributed by atoms with E-state index in [1.54, 1.807) is 11.3 Å². The minimum atomic E-state index is -3.20. The molecule has 1 atom stereocenters. The fourth-order valence-corrected chi connectivity index (χ4v) is 3.25. The summed E-state index contributed by atoms with van der Waals surface area (Å²) in [5.74, 6) is -0.0121. The fraction of sp³-hybridized carbons (Fsp3) is 0.556. The van der Waals surface area contributed by atoms with Gasteiger partial charge in [-0.15, -0.1) is 11.3 Å². The molecule has 0 aliphatic rings. The molecule has 3 N–H and O–H groups in total. The van der Waals surface area contributed by atoms with Gasteiger partial charge in [0.2, 0.25) is 10.0 Å². The Labute approximate surface area is 94.5 Å². The average Bonchev–Trinajstić information content (AvgIpc) is 2.54. The van der Waals surface area contributed by atoms with E-state index < -0.39 is 10.0 Å². The van der Waals surface area contributed by atoms with Gasteiger partial charge in [-0.2, -0.15) is 0 Å². The summed E-state index contributed by atoms with van der Waals surface area (Å²) in [6.45, 7) is 2.01. The van der Waals surface area contributed by atoms with Gasteiger partial charge in [0.05, 0.1) is 5.75 Å². The van der Waals surface area contributed by atoms with E-state index in [4.69, 9.17) is 5.73 Å². The average molecular weight is 248 g/mol. The van der Waals surface area contributed by atoms with Crippen LogP contribution in [0.5, 0.6) is 0 Å². The first-order chi connectivity index (χ1) is 7.03. The van der Waals surface area contributed by atoms with Crippen molar-refractivity contribution in [3.8, 4) is 0 Å². The minimum Gasteiger partial charge on any atom is -0.329 e. The van der Waals surface area contributed by atoms with Crippen LogP contribution >= 0.6 is 11.3 Å². The predicted molar refractivity (Wildman–Crippen MR) is 63.5 cm³/mol. The zero-order valence-corrected chi connectivity index (χ0v) is 10.3. The van der Waals surface area contributed by atoms with Crippen LogP contribution in [0.4, 0.5) is 0 Å². The monoisotopic (exact) mass is 248 g/mol. The number of thiophene rings is 1. The number of nitrogens with two attached hydrogens (primary N) is 1. The van der Waals surface area contributed by atoms with Crippen LogP contribution in [0.2, 0.25) is 0 Å². The molecule has 0 saturated heterocycles. The number of nitrogens with one attached hydrogen (secondary N) is 1. The normalized spacial score (nSPS) is 14.0. The highest BCUT2D eigenvalue weighted by Crippen LogP contribution is 2.11. The van der Waals surface area contributed by atoms with Crippen LogP contribution in [0.3, 0.4) is 0 Å². The van der Waals surface area contributed by atoms with Crippen molar-refractivity contribution in [2.24, 2.45) is 5.73 Å². The van der Waals surface area contributed by atoms with Gasteiger partial charge >= 0.3 is 0 Å². The van der Waals surface area contributed by atoms with Crippen molar-refractivity contribution < 1.29 is 8.42 Å². The van der Waals surface area contributed by atoms with Crippen molar-refractivity contribution in [3.63, 3.8) is 0 Å². The Balaban J connectivity index is 2.46. The number of hydrogen-bond acceptors (Lipinski definition) is 4. The Morgan fingerprint density at radius 3 is 2.87 bits per heavy atom. The van der Waals surface area contributed by atoms with Crippen LogP contribution < -0.4 is 10.5 Å². The summed E-state index contributed by atoms with van der Waals surface area (Å²) < 4.78 is 25.4. The largest absolute Gasteiger partial charge is 0.329 e. The lowest BCUT2D eigenvalue weighted by Crippen LogP contribution is -2.37. The second-order valence-corrected chi connectivity index (χ2v) is 6.32. The molecular weight excluding hydrogens is 232 g/mol. The summed E-state index contributed by atoms with van der Waals surface area (Å²) in [4.78, 5) is 1.18. The van der Waals surface area contributed by atoms with E-state index in [1.165, 1.54) is 4.88 Å². The quantitative estimate of drug-likeness (QED) is 0.772. The molecule has 86 valence electrons. The smallest absolute Gasteiger partial charge is 0.213 e. The van der Waals surface area contributed by atoms with Crippen LogP contribution in [0.15, 0.2) is 17.5 Å². The molecule has 0 aliphatic carbocycles. The van der Waals surface area contributed by atoms with Gasteiger partial charge in [0.25, 0.3) is 0 Å². The van der Waals surface area contributed by atoms with Crippen LogP contribution in [0.1, 0.15) is 11.8 Å². The molecular formula is C9H16N2O2S2. The first kappa shape index (κ1) is 12.6. The van der Waals surface area contributed by atoms with Crippen LogP contribution in [-0.2, 0) is 16.4 Å². The highest BCUT2D eigenvalue weighted by Gasteiger charge is 2.13. The Bertz CT molecular complexity index is 373. The van der Waals surface area contributed by atoms with Gasteiger partial charge in [0.1, 0.15) is 0 Å². The molecule has 0 fully saturated rings. The number of rotatable bonds is 6. The van der Waals surface area contributed by atoms with Crippen molar-refractivity contribution in [2.45, 2.75) is 19.4 Å². The van der Waals surface area contributed by atoms with Gasteiger partial charge in [-0.1, -0.05) is 6.07 Å². The third-order valence-corrected chi connectivity index (χ3v) is 4.29. The summed E-state index contributed by atoms with van der Waals surface area (Å²) >= 11 is 1.63. The molecule has 0 radical (unpaired) electrons. The van der Waals surface area contributed by atoms with Gasteiger partial charge in [0.15, 0.2) is 0 Å². The van der Waals surface area contributed by atoms with E-state index >= 15 is 0 Å². The van der Waals surface area contributed by atoms with Crippen molar-refractivity contribution in [2.75, 3.05) is 12.3 Å². The third-order valence-electron chi connectivity index (χ3n) is 1.85. The third kappa shape index (κ3) is 4.74. The maximum absolute atomic E-state index is 11.4. The molecule has 1 aromatic heterocycles. The van der Waals surface area contributed by atoms with Gasteiger partial charge in [0, 0.05) is 17.5 Å². The Hall–Kier alpha value is -0.430. The zero-order chi connectivity index (χ0) is 11.3. The van der Waals surface area contributed by atoms with Crippen molar-refractivity contribution in [1.82, 2.24) is 4.72 Å². The van der Waals surface area contributed by atoms with E-state index in [0.717, 1.165) is 6.42 Å². The SMILES string of the molecule is CC(Cc1cccs1)NS(=O)(=O)CCN. The summed E-state index contributed by atoms with van der Waals surface area (Å²) in [6.07, 6.45) is 0.724. The molecule has 0 aliphatic heterocycles. The maximum Gasteiger partial charge on any atom is 0.213 e. The van der Waals surface area contributed by atoms with Gasteiger partial charge < -0.3 is 5.73 Å². The molecule has 0 amide bonds. The molecule has 0 aromatic carbocycles. The summed E-state index contributed by atoms with van der Waals surface area (Å²) in [5.41, 5.74) is 5.21. The highest BCUT2D eigenvalue weighted by molar-refractivity contribution is 7.89. The molecule has 0 saturated carbocycles. The standard InChI is InChI=1S/C9H16N2O2S2/c1-8(7-9-3-2-5-14-9)11-15(12,13)6-4-10/h2-3,5,8,11H,4,6-7,10H2,1H3. The second kappa shape index (κ2) is 5.60. The topological polar surface area (TPSA) is 72.2 Å². The number of sulfonamides is 1. The van der Waals surface area contributed by atoms with E-state index in [1.807, 2.05) is 24.4 Å².